The number of carbonyl (C=O) groups is 1. The average Bonchev–Trinajstić information content (AvgIpc) is 3.25. The Morgan fingerprint density at radius 3 is 2.39 bits per heavy atom. The van der Waals surface area contributed by atoms with Crippen molar-refractivity contribution in [3.63, 3.8) is 0 Å². The number of aryl methyl sites for hydroxylation is 1. The number of nitriles is 1. The molecule has 1 saturated heterocycles. The fourth-order valence-corrected chi connectivity index (χ4v) is 5.63. The van der Waals surface area contributed by atoms with Crippen molar-refractivity contribution in [2.45, 2.75) is 6.92 Å². The Labute approximate surface area is 196 Å². The van der Waals surface area contributed by atoms with Crippen molar-refractivity contribution in [1.29, 1.82) is 5.26 Å². The minimum Gasteiger partial charge on any atom is -0.335 e. The number of pyridine rings is 1. The van der Waals surface area contributed by atoms with Crippen LogP contribution in [0.4, 0.5) is 0 Å². The van der Waals surface area contributed by atoms with Gasteiger partial charge in [-0.25, -0.2) is 13.4 Å². The predicted molar refractivity (Wildman–Crippen MR) is 127 cm³/mol. The van der Waals surface area contributed by atoms with Crippen LogP contribution >= 0.6 is 11.3 Å². The Bertz CT molecular complexity index is 1320. The molecule has 0 N–H and O–H groups in total. The molecule has 0 saturated carbocycles. The summed E-state index contributed by atoms with van der Waals surface area (Å²) >= 11 is 1.34. The molecule has 1 fully saturated rings. The van der Waals surface area contributed by atoms with Crippen LogP contribution in [0.25, 0.3) is 16.6 Å². The minimum absolute atomic E-state index is 0.129. The fraction of sp³-hybridized carbons (Fsp3) is 0.217. The van der Waals surface area contributed by atoms with Crippen LogP contribution in [0.1, 0.15) is 26.5 Å². The molecule has 10 heteroatoms. The number of carbonyl (C=O) groups excluding carboxylic acids is 1. The van der Waals surface area contributed by atoms with Crippen LogP contribution in [0.15, 0.2) is 54.2 Å². The van der Waals surface area contributed by atoms with Crippen molar-refractivity contribution in [2.75, 3.05) is 26.2 Å². The zero-order chi connectivity index (χ0) is 23.4. The minimum atomic E-state index is -3.62. The number of hydrogen-bond acceptors (Lipinski definition) is 7. The lowest BCUT2D eigenvalue weighted by molar-refractivity contribution is 0.0702. The maximum absolute atomic E-state index is 13.1. The molecule has 0 atom stereocenters. The van der Waals surface area contributed by atoms with Crippen molar-refractivity contribution in [3.05, 3.63) is 75.9 Å². The van der Waals surface area contributed by atoms with Crippen molar-refractivity contribution in [2.24, 2.45) is 0 Å². The van der Waals surface area contributed by atoms with Crippen molar-refractivity contribution < 1.29 is 13.2 Å². The summed E-state index contributed by atoms with van der Waals surface area (Å²) in [5.41, 5.74) is 2.77. The van der Waals surface area contributed by atoms with E-state index < -0.39 is 10.0 Å². The lowest BCUT2D eigenvalue weighted by Gasteiger charge is -2.33. The highest BCUT2D eigenvalue weighted by atomic mass is 32.2. The van der Waals surface area contributed by atoms with Gasteiger partial charge < -0.3 is 4.90 Å². The third kappa shape index (κ3) is 5.17. The number of rotatable bonds is 5. The van der Waals surface area contributed by atoms with E-state index in [1.807, 2.05) is 25.1 Å². The summed E-state index contributed by atoms with van der Waals surface area (Å²) in [4.78, 5) is 23.8. The standard InChI is InChI=1S/C23H21N5O3S2/c1-17-21(32-22(26-17)20-6-9-25-10-7-20)23(29)27-11-13-28(14-12-27)33(30,31)15-8-18-2-4-19(16-24)5-3-18/h2-10,15H,11-14H2,1H3/b15-8+. The van der Waals surface area contributed by atoms with Gasteiger partial charge in [0.15, 0.2) is 0 Å². The summed E-state index contributed by atoms with van der Waals surface area (Å²) in [7, 11) is -3.62. The van der Waals surface area contributed by atoms with Crippen molar-refractivity contribution >= 4 is 33.3 Å². The first-order chi connectivity index (χ1) is 15.9. The van der Waals surface area contributed by atoms with Gasteiger partial charge in [-0.1, -0.05) is 12.1 Å². The normalized spacial score (nSPS) is 15.0. The summed E-state index contributed by atoms with van der Waals surface area (Å²) in [5, 5.41) is 10.8. The molecule has 3 aromatic rings. The Balaban J connectivity index is 1.40. The second kappa shape index (κ2) is 9.62. The lowest BCUT2D eigenvalue weighted by atomic mass is 10.1. The number of thiazole rings is 1. The van der Waals surface area contributed by atoms with Crippen LogP contribution in [-0.2, 0) is 10.0 Å². The van der Waals surface area contributed by atoms with Gasteiger partial charge in [-0.05, 0) is 42.8 Å². The molecule has 4 rings (SSSR count). The zero-order valence-corrected chi connectivity index (χ0v) is 19.5. The highest BCUT2D eigenvalue weighted by Crippen LogP contribution is 2.28. The largest absolute Gasteiger partial charge is 0.335 e. The summed E-state index contributed by atoms with van der Waals surface area (Å²) in [6, 6.07) is 12.4. The van der Waals surface area contributed by atoms with E-state index in [2.05, 4.69) is 9.97 Å². The summed E-state index contributed by atoms with van der Waals surface area (Å²) < 4.78 is 26.8. The maximum atomic E-state index is 13.1. The topological polar surface area (TPSA) is 107 Å². The van der Waals surface area contributed by atoms with E-state index in [0.717, 1.165) is 10.6 Å². The van der Waals surface area contributed by atoms with E-state index in [4.69, 9.17) is 5.26 Å². The number of nitrogens with zero attached hydrogens (tertiary/aromatic N) is 5. The van der Waals surface area contributed by atoms with Gasteiger partial charge in [-0.15, -0.1) is 11.3 Å². The van der Waals surface area contributed by atoms with Crippen molar-refractivity contribution in [3.8, 4) is 16.6 Å². The van der Waals surface area contributed by atoms with Gasteiger partial charge >= 0.3 is 0 Å². The molecule has 2 aromatic heterocycles. The highest BCUT2D eigenvalue weighted by molar-refractivity contribution is 7.92. The van der Waals surface area contributed by atoms with Gasteiger partial charge in [0.2, 0.25) is 10.0 Å². The van der Waals surface area contributed by atoms with Gasteiger partial charge in [0, 0.05) is 49.5 Å². The smallest absolute Gasteiger partial charge is 0.265 e. The number of aromatic nitrogens is 2. The van der Waals surface area contributed by atoms with Gasteiger partial charge in [-0.2, -0.15) is 9.57 Å². The number of amides is 1. The first-order valence-corrected chi connectivity index (χ1v) is 12.5. The highest BCUT2D eigenvalue weighted by Gasteiger charge is 2.29. The van der Waals surface area contributed by atoms with E-state index in [0.29, 0.717) is 34.8 Å². The quantitative estimate of drug-likeness (QED) is 0.556. The molecular weight excluding hydrogens is 458 g/mol. The Morgan fingerprint density at radius 2 is 1.76 bits per heavy atom. The fourth-order valence-electron chi connectivity index (χ4n) is 3.42. The lowest BCUT2D eigenvalue weighted by Crippen LogP contribution is -2.50. The van der Waals surface area contributed by atoms with Crippen LogP contribution in [0, 0.1) is 18.3 Å². The third-order valence-electron chi connectivity index (χ3n) is 5.28. The molecule has 168 valence electrons. The summed E-state index contributed by atoms with van der Waals surface area (Å²) in [6.45, 7) is 2.88. The predicted octanol–water partition coefficient (Wildman–Crippen LogP) is 3.14. The van der Waals surface area contributed by atoms with Crippen LogP contribution in [0.2, 0.25) is 0 Å². The molecule has 0 unspecified atom stereocenters. The second-order valence-electron chi connectivity index (χ2n) is 7.44. The molecule has 0 spiro atoms. The van der Waals surface area contributed by atoms with Gasteiger partial charge in [0.25, 0.3) is 5.91 Å². The third-order valence-corrected chi connectivity index (χ3v) is 8.04. The first-order valence-electron chi connectivity index (χ1n) is 10.2. The average molecular weight is 480 g/mol. The van der Waals surface area contributed by atoms with E-state index in [1.54, 1.807) is 41.6 Å². The molecule has 33 heavy (non-hydrogen) atoms. The van der Waals surface area contributed by atoms with Crippen LogP contribution in [-0.4, -0.2) is 59.7 Å². The Kier molecular flexibility index (Phi) is 6.65. The number of hydrogen-bond donors (Lipinski definition) is 0. The maximum Gasteiger partial charge on any atom is 0.265 e. The zero-order valence-electron chi connectivity index (χ0n) is 17.9. The summed E-state index contributed by atoms with van der Waals surface area (Å²) in [6.07, 6.45) is 4.88. The number of piperazine rings is 1. The molecule has 1 aromatic carbocycles. The second-order valence-corrected chi connectivity index (χ2v) is 10.3. The van der Waals surface area contributed by atoms with E-state index >= 15 is 0 Å². The molecule has 0 bridgehead atoms. The SMILES string of the molecule is Cc1nc(-c2ccncc2)sc1C(=O)N1CCN(S(=O)(=O)/C=C/c2ccc(C#N)cc2)CC1. The Hall–Kier alpha value is -3.39. The molecule has 3 heterocycles. The first kappa shape index (κ1) is 22.8. The molecule has 0 aliphatic carbocycles. The molecular formula is C23H21N5O3S2. The number of benzene rings is 1. The van der Waals surface area contributed by atoms with Gasteiger partial charge in [0.05, 0.1) is 17.3 Å². The molecule has 0 radical (unpaired) electrons. The Morgan fingerprint density at radius 1 is 1.09 bits per heavy atom. The molecule has 1 amide bonds. The number of sulfonamides is 1. The molecule has 1 aliphatic rings. The van der Waals surface area contributed by atoms with Gasteiger partial charge in [-0.3, -0.25) is 9.78 Å². The van der Waals surface area contributed by atoms with E-state index in [-0.39, 0.29) is 19.0 Å². The molecule has 1 aliphatic heterocycles. The van der Waals surface area contributed by atoms with Crippen LogP contribution in [0.5, 0.6) is 0 Å². The van der Waals surface area contributed by atoms with Crippen LogP contribution < -0.4 is 0 Å². The monoisotopic (exact) mass is 479 g/mol. The van der Waals surface area contributed by atoms with Gasteiger partial charge in [0.1, 0.15) is 9.88 Å². The van der Waals surface area contributed by atoms with Crippen LogP contribution in [0.3, 0.4) is 0 Å². The van der Waals surface area contributed by atoms with E-state index in [9.17, 15) is 13.2 Å². The molecule has 8 nitrogen and oxygen atoms in total. The van der Waals surface area contributed by atoms with Crippen molar-refractivity contribution in [1.82, 2.24) is 19.2 Å². The van der Waals surface area contributed by atoms with E-state index in [1.165, 1.54) is 27.1 Å². The summed E-state index contributed by atoms with van der Waals surface area (Å²) in [5.74, 6) is -0.129.